The van der Waals surface area contributed by atoms with Crippen molar-refractivity contribution in [2.45, 2.75) is 6.04 Å². The van der Waals surface area contributed by atoms with Gasteiger partial charge in [0.15, 0.2) is 0 Å². The van der Waals surface area contributed by atoms with Crippen molar-refractivity contribution in [3.05, 3.63) is 0 Å². The van der Waals surface area contributed by atoms with Crippen LogP contribution in [0.15, 0.2) is 10.3 Å². The molecule has 0 radical (unpaired) electrons. The van der Waals surface area contributed by atoms with Gasteiger partial charge in [0.2, 0.25) is 0 Å². The molecular formula is C3H7N3O. The molecule has 1 unspecified atom stereocenters. The highest BCUT2D eigenvalue weighted by Gasteiger charge is 2.07. The molecule has 0 aromatic heterocycles. The van der Waals surface area contributed by atoms with E-state index in [1.807, 2.05) is 0 Å². The first-order valence-electron chi connectivity index (χ1n) is 2.16. The Kier molecular flexibility index (Phi) is 1.21. The van der Waals surface area contributed by atoms with Gasteiger partial charge >= 0.3 is 0 Å². The smallest absolute Gasteiger partial charge is 0.0901 e. The van der Waals surface area contributed by atoms with Crippen molar-refractivity contribution in [1.82, 2.24) is 5.43 Å². The zero-order valence-electron chi connectivity index (χ0n) is 3.83. The van der Waals surface area contributed by atoms with E-state index < -0.39 is 0 Å². The Bertz CT molecular complexity index is 74.2. The van der Waals surface area contributed by atoms with Crippen molar-refractivity contribution >= 4 is 0 Å². The monoisotopic (exact) mass is 101 g/mol. The number of nitrogens with one attached hydrogen (secondary N) is 1. The quantitative estimate of drug-likeness (QED) is 0.459. The van der Waals surface area contributed by atoms with Crippen molar-refractivity contribution in [1.29, 1.82) is 0 Å². The summed E-state index contributed by atoms with van der Waals surface area (Å²) in [5.41, 5.74) is 2.61. The Hall–Kier alpha value is -0.640. The van der Waals surface area contributed by atoms with E-state index in [1.54, 1.807) is 0 Å². The molecule has 1 aliphatic heterocycles. The van der Waals surface area contributed by atoms with Gasteiger partial charge in [-0.2, -0.15) is 5.11 Å². The van der Waals surface area contributed by atoms with Gasteiger partial charge in [0.25, 0.3) is 0 Å². The van der Waals surface area contributed by atoms with Gasteiger partial charge in [-0.1, -0.05) is 5.22 Å². The van der Waals surface area contributed by atoms with Crippen molar-refractivity contribution in [2.75, 3.05) is 13.2 Å². The van der Waals surface area contributed by atoms with E-state index in [0.29, 0.717) is 6.54 Å². The molecule has 40 valence electrons. The van der Waals surface area contributed by atoms with Crippen LogP contribution < -0.4 is 5.43 Å². The summed E-state index contributed by atoms with van der Waals surface area (Å²) in [6, 6.07) is 0.0694. The molecule has 0 aliphatic carbocycles. The minimum absolute atomic E-state index is 0.0694. The molecule has 0 fully saturated rings. The Morgan fingerprint density at radius 1 is 1.86 bits per heavy atom. The molecule has 0 aromatic carbocycles. The lowest BCUT2D eigenvalue weighted by Crippen LogP contribution is -2.25. The van der Waals surface area contributed by atoms with Gasteiger partial charge < -0.3 is 5.11 Å². The van der Waals surface area contributed by atoms with Crippen LogP contribution in [0.1, 0.15) is 0 Å². The third-order valence-electron chi connectivity index (χ3n) is 0.833. The lowest BCUT2D eigenvalue weighted by molar-refractivity contribution is 0.257. The first-order valence-corrected chi connectivity index (χ1v) is 2.16. The molecule has 0 saturated heterocycles. The molecule has 2 N–H and O–H groups in total. The minimum Gasteiger partial charge on any atom is -0.394 e. The summed E-state index contributed by atoms with van der Waals surface area (Å²) in [5.74, 6) is 0. The predicted molar refractivity (Wildman–Crippen MR) is 23.7 cm³/mol. The Balaban J connectivity index is 2.22. The standard InChI is InChI=1S/C3H7N3O/c7-2-3-1-4-6-5-3/h3,7H,1-2H2,(H,4,5). The van der Waals surface area contributed by atoms with Crippen LogP contribution in [0.5, 0.6) is 0 Å². The van der Waals surface area contributed by atoms with Gasteiger partial charge in [0.05, 0.1) is 19.2 Å². The second-order valence-corrected chi connectivity index (χ2v) is 1.43. The van der Waals surface area contributed by atoms with Crippen LogP contribution in [0.2, 0.25) is 0 Å². The fraction of sp³-hybridized carbons (Fsp3) is 1.00. The zero-order valence-corrected chi connectivity index (χ0v) is 3.83. The van der Waals surface area contributed by atoms with E-state index >= 15 is 0 Å². The van der Waals surface area contributed by atoms with Crippen LogP contribution in [0.25, 0.3) is 0 Å². The van der Waals surface area contributed by atoms with Crippen LogP contribution in [0, 0.1) is 0 Å². The van der Waals surface area contributed by atoms with Gasteiger partial charge in [0, 0.05) is 0 Å². The zero-order chi connectivity index (χ0) is 5.11. The molecule has 0 spiro atoms. The third kappa shape index (κ3) is 0.866. The Morgan fingerprint density at radius 3 is 3.00 bits per heavy atom. The highest BCUT2D eigenvalue weighted by Crippen LogP contribution is 1.90. The minimum atomic E-state index is 0.0694. The highest BCUT2D eigenvalue weighted by atomic mass is 16.3. The van der Waals surface area contributed by atoms with E-state index in [2.05, 4.69) is 15.8 Å². The number of hydrogen-bond acceptors (Lipinski definition) is 4. The van der Waals surface area contributed by atoms with Crippen LogP contribution in [-0.4, -0.2) is 24.3 Å². The average molecular weight is 101 g/mol. The maximum Gasteiger partial charge on any atom is 0.0901 e. The normalized spacial score (nSPS) is 27.9. The van der Waals surface area contributed by atoms with Crippen LogP contribution >= 0.6 is 0 Å². The molecule has 1 aliphatic rings. The maximum absolute atomic E-state index is 8.38. The van der Waals surface area contributed by atoms with Gasteiger partial charge in [-0.15, -0.1) is 0 Å². The Labute approximate surface area is 41.2 Å². The van der Waals surface area contributed by atoms with Gasteiger partial charge in [-0.25, -0.2) is 0 Å². The second-order valence-electron chi connectivity index (χ2n) is 1.43. The topological polar surface area (TPSA) is 57.0 Å². The van der Waals surface area contributed by atoms with Crippen LogP contribution in [0.3, 0.4) is 0 Å². The van der Waals surface area contributed by atoms with Crippen LogP contribution in [-0.2, 0) is 0 Å². The lowest BCUT2D eigenvalue weighted by Gasteiger charge is -1.98. The first-order chi connectivity index (χ1) is 3.43. The summed E-state index contributed by atoms with van der Waals surface area (Å²) in [6.07, 6.45) is 0. The molecule has 4 heteroatoms. The number of aliphatic hydroxyl groups is 1. The summed E-state index contributed by atoms with van der Waals surface area (Å²) < 4.78 is 0. The molecule has 4 nitrogen and oxygen atoms in total. The molecule has 7 heavy (non-hydrogen) atoms. The number of rotatable bonds is 1. The van der Waals surface area contributed by atoms with E-state index in [4.69, 9.17) is 5.11 Å². The molecule has 0 saturated carbocycles. The van der Waals surface area contributed by atoms with E-state index in [9.17, 15) is 0 Å². The molecule has 1 rings (SSSR count). The third-order valence-corrected chi connectivity index (χ3v) is 0.833. The van der Waals surface area contributed by atoms with Gasteiger partial charge in [0.1, 0.15) is 0 Å². The van der Waals surface area contributed by atoms with Gasteiger partial charge in [-0.3, -0.25) is 5.43 Å². The number of aliphatic hydroxyl groups excluding tert-OH is 1. The van der Waals surface area contributed by atoms with Gasteiger partial charge in [-0.05, 0) is 0 Å². The highest BCUT2D eigenvalue weighted by molar-refractivity contribution is 4.67. The molecular weight excluding hydrogens is 94.1 g/mol. The first kappa shape index (κ1) is 4.52. The SMILES string of the molecule is OCC1CN=NN1. The fourth-order valence-corrected chi connectivity index (χ4v) is 0.401. The summed E-state index contributed by atoms with van der Waals surface area (Å²) in [7, 11) is 0. The summed E-state index contributed by atoms with van der Waals surface area (Å²) in [5, 5.41) is 15.4. The molecule has 0 amide bonds. The van der Waals surface area contributed by atoms with Crippen molar-refractivity contribution in [2.24, 2.45) is 10.3 Å². The van der Waals surface area contributed by atoms with E-state index in [1.165, 1.54) is 0 Å². The largest absolute Gasteiger partial charge is 0.394 e. The number of nitrogens with zero attached hydrogens (tertiary/aromatic N) is 2. The average Bonchev–Trinajstić information content (AvgIpc) is 2.14. The van der Waals surface area contributed by atoms with Crippen molar-refractivity contribution < 1.29 is 5.11 Å². The van der Waals surface area contributed by atoms with Crippen molar-refractivity contribution in [3.63, 3.8) is 0 Å². The van der Waals surface area contributed by atoms with Crippen molar-refractivity contribution in [3.8, 4) is 0 Å². The lowest BCUT2D eigenvalue weighted by atomic mass is 10.3. The fourth-order valence-electron chi connectivity index (χ4n) is 0.401. The van der Waals surface area contributed by atoms with E-state index in [-0.39, 0.29) is 12.6 Å². The van der Waals surface area contributed by atoms with E-state index in [0.717, 1.165) is 0 Å². The second kappa shape index (κ2) is 1.88. The van der Waals surface area contributed by atoms with Crippen LogP contribution in [0.4, 0.5) is 0 Å². The summed E-state index contributed by atoms with van der Waals surface area (Å²) in [6.45, 7) is 0.726. The summed E-state index contributed by atoms with van der Waals surface area (Å²) in [4.78, 5) is 0. The molecule has 1 heterocycles. The molecule has 0 aromatic rings. The predicted octanol–water partition coefficient (Wildman–Crippen LogP) is -0.682. The molecule has 1 atom stereocenters. The Morgan fingerprint density at radius 2 is 2.71 bits per heavy atom. The number of hydrogen-bond donors (Lipinski definition) is 2. The maximum atomic E-state index is 8.38. The summed E-state index contributed by atoms with van der Waals surface area (Å²) >= 11 is 0. The molecule has 0 bridgehead atoms.